The van der Waals surface area contributed by atoms with E-state index in [-0.39, 0.29) is 6.04 Å². The summed E-state index contributed by atoms with van der Waals surface area (Å²) in [5.74, 6) is 2.50. The number of hydrogen-bond acceptors (Lipinski definition) is 2. The SMILES string of the molecule is CC1CCCC(C2C[C@@H](N)c3ccc(Br)cc3O2)C1. The van der Waals surface area contributed by atoms with Gasteiger partial charge in [-0.2, -0.15) is 0 Å². The van der Waals surface area contributed by atoms with E-state index in [1.165, 1.54) is 25.7 Å². The monoisotopic (exact) mass is 323 g/mol. The highest BCUT2D eigenvalue weighted by Crippen LogP contribution is 2.41. The van der Waals surface area contributed by atoms with Crippen molar-refractivity contribution in [3.05, 3.63) is 28.2 Å². The third kappa shape index (κ3) is 2.82. The van der Waals surface area contributed by atoms with E-state index in [1.54, 1.807) is 0 Å². The van der Waals surface area contributed by atoms with Crippen LogP contribution < -0.4 is 10.5 Å². The number of rotatable bonds is 1. The number of halogens is 1. The summed E-state index contributed by atoms with van der Waals surface area (Å²) in [6.07, 6.45) is 6.57. The van der Waals surface area contributed by atoms with Gasteiger partial charge in [-0.15, -0.1) is 0 Å². The van der Waals surface area contributed by atoms with Crippen LogP contribution >= 0.6 is 15.9 Å². The molecule has 1 fully saturated rings. The molecule has 0 bridgehead atoms. The van der Waals surface area contributed by atoms with E-state index < -0.39 is 0 Å². The Morgan fingerprint density at radius 3 is 2.89 bits per heavy atom. The van der Waals surface area contributed by atoms with Crippen molar-refractivity contribution >= 4 is 15.9 Å². The average Bonchev–Trinajstić information content (AvgIpc) is 2.38. The Hall–Kier alpha value is -0.540. The minimum absolute atomic E-state index is 0.124. The van der Waals surface area contributed by atoms with E-state index in [2.05, 4.69) is 35.0 Å². The number of benzene rings is 1. The zero-order chi connectivity index (χ0) is 13.4. The minimum Gasteiger partial charge on any atom is -0.490 e. The number of fused-ring (bicyclic) bond motifs is 1. The highest BCUT2D eigenvalue weighted by atomic mass is 79.9. The zero-order valence-electron chi connectivity index (χ0n) is 11.4. The lowest BCUT2D eigenvalue weighted by molar-refractivity contribution is 0.0665. The molecule has 3 unspecified atom stereocenters. The van der Waals surface area contributed by atoms with Crippen LogP contribution in [0.15, 0.2) is 22.7 Å². The van der Waals surface area contributed by atoms with Crippen LogP contribution in [0.1, 0.15) is 50.6 Å². The van der Waals surface area contributed by atoms with Gasteiger partial charge in [-0.05, 0) is 36.8 Å². The predicted octanol–water partition coefficient (Wildman–Crippen LogP) is 4.43. The van der Waals surface area contributed by atoms with Crippen molar-refractivity contribution < 1.29 is 4.74 Å². The highest BCUT2D eigenvalue weighted by molar-refractivity contribution is 9.10. The Morgan fingerprint density at radius 1 is 1.26 bits per heavy atom. The maximum atomic E-state index is 6.33. The minimum atomic E-state index is 0.124. The van der Waals surface area contributed by atoms with Crippen molar-refractivity contribution in [2.45, 2.75) is 51.2 Å². The summed E-state index contributed by atoms with van der Waals surface area (Å²) in [5.41, 5.74) is 7.49. The number of nitrogens with two attached hydrogens (primary N) is 1. The molecule has 1 aromatic rings. The molecule has 2 aliphatic rings. The molecule has 0 saturated heterocycles. The van der Waals surface area contributed by atoms with Gasteiger partial charge in [0.05, 0.1) is 0 Å². The van der Waals surface area contributed by atoms with E-state index in [9.17, 15) is 0 Å². The molecule has 19 heavy (non-hydrogen) atoms. The molecule has 4 atom stereocenters. The van der Waals surface area contributed by atoms with Gasteiger partial charge in [0.25, 0.3) is 0 Å². The number of ether oxygens (including phenoxy) is 1. The molecule has 2 N–H and O–H groups in total. The molecule has 0 amide bonds. The maximum absolute atomic E-state index is 6.33. The molecule has 1 heterocycles. The predicted molar refractivity (Wildman–Crippen MR) is 81.2 cm³/mol. The van der Waals surface area contributed by atoms with Gasteiger partial charge in [-0.25, -0.2) is 0 Å². The molecule has 0 radical (unpaired) electrons. The quantitative estimate of drug-likeness (QED) is 0.829. The van der Waals surface area contributed by atoms with E-state index >= 15 is 0 Å². The van der Waals surface area contributed by atoms with E-state index in [0.29, 0.717) is 12.0 Å². The Kier molecular flexibility index (Phi) is 3.86. The molecule has 1 aliphatic heterocycles. The van der Waals surface area contributed by atoms with Crippen molar-refractivity contribution in [3.63, 3.8) is 0 Å². The van der Waals surface area contributed by atoms with Crippen molar-refractivity contribution in [1.82, 2.24) is 0 Å². The van der Waals surface area contributed by atoms with Crippen LogP contribution in [0.3, 0.4) is 0 Å². The van der Waals surface area contributed by atoms with Crippen molar-refractivity contribution in [2.24, 2.45) is 17.6 Å². The fourth-order valence-electron chi connectivity index (χ4n) is 3.61. The van der Waals surface area contributed by atoms with Gasteiger partial charge in [0, 0.05) is 22.5 Å². The van der Waals surface area contributed by atoms with Gasteiger partial charge >= 0.3 is 0 Å². The van der Waals surface area contributed by atoms with Gasteiger partial charge < -0.3 is 10.5 Å². The Balaban J connectivity index is 1.80. The lowest BCUT2D eigenvalue weighted by Gasteiger charge is -2.38. The molecule has 1 aromatic carbocycles. The van der Waals surface area contributed by atoms with Crippen LogP contribution in [0.5, 0.6) is 5.75 Å². The molecule has 0 spiro atoms. The third-order valence-electron chi connectivity index (χ3n) is 4.64. The van der Waals surface area contributed by atoms with Crippen LogP contribution in [0.4, 0.5) is 0 Å². The van der Waals surface area contributed by atoms with Crippen LogP contribution in [0.2, 0.25) is 0 Å². The first-order valence-electron chi connectivity index (χ1n) is 7.35. The third-order valence-corrected chi connectivity index (χ3v) is 5.14. The first kappa shape index (κ1) is 13.4. The van der Waals surface area contributed by atoms with Crippen LogP contribution in [-0.2, 0) is 0 Å². The topological polar surface area (TPSA) is 35.2 Å². The van der Waals surface area contributed by atoms with Crippen LogP contribution in [0, 0.1) is 11.8 Å². The van der Waals surface area contributed by atoms with Crippen molar-refractivity contribution in [2.75, 3.05) is 0 Å². The van der Waals surface area contributed by atoms with Gasteiger partial charge in [0.2, 0.25) is 0 Å². The maximum Gasteiger partial charge on any atom is 0.125 e. The zero-order valence-corrected chi connectivity index (χ0v) is 13.0. The Morgan fingerprint density at radius 2 is 2.11 bits per heavy atom. The largest absolute Gasteiger partial charge is 0.490 e. The van der Waals surface area contributed by atoms with Gasteiger partial charge in [0.1, 0.15) is 11.9 Å². The fourth-order valence-corrected chi connectivity index (χ4v) is 3.95. The van der Waals surface area contributed by atoms with Gasteiger partial charge in [0.15, 0.2) is 0 Å². The average molecular weight is 324 g/mol. The van der Waals surface area contributed by atoms with Gasteiger partial charge in [-0.1, -0.05) is 41.8 Å². The number of hydrogen-bond donors (Lipinski definition) is 1. The molecule has 0 aromatic heterocycles. The molecular formula is C16H22BrNO. The normalized spacial score (nSPS) is 34.5. The molecule has 1 aliphatic carbocycles. The lowest BCUT2D eigenvalue weighted by atomic mass is 9.77. The molecule has 1 saturated carbocycles. The molecule has 104 valence electrons. The molecule has 2 nitrogen and oxygen atoms in total. The second kappa shape index (κ2) is 5.45. The summed E-state index contributed by atoms with van der Waals surface area (Å²) in [5, 5.41) is 0. The fraction of sp³-hybridized carbons (Fsp3) is 0.625. The molecule has 3 heteroatoms. The lowest BCUT2D eigenvalue weighted by Crippen LogP contribution is -2.37. The summed E-state index contributed by atoms with van der Waals surface area (Å²) in [7, 11) is 0. The van der Waals surface area contributed by atoms with E-state index in [1.807, 2.05) is 6.07 Å². The highest BCUT2D eigenvalue weighted by Gasteiger charge is 2.33. The second-order valence-corrected chi connectivity index (χ2v) is 7.13. The molecular weight excluding hydrogens is 302 g/mol. The summed E-state index contributed by atoms with van der Waals surface area (Å²) in [6.45, 7) is 2.36. The Labute approximate surface area is 123 Å². The van der Waals surface area contributed by atoms with Crippen molar-refractivity contribution in [1.29, 1.82) is 0 Å². The van der Waals surface area contributed by atoms with E-state index in [4.69, 9.17) is 10.5 Å². The van der Waals surface area contributed by atoms with Crippen molar-refractivity contribution in [3.8, 4) is 5.75 Å². The van der Waals surface area contributed by atoms with Crippen LogP contribution in [0.25, 0.3) is 0 Å². The smallest absolute Gasteiger partial charge is 0.125 e. The van der Waals surface area contributed by atoms with E-state index in [0.717, 1.165) is 28.1 Å². The second-order valence-electron chi connectivity index (χ2n) is 6.21. The first-order valence-corrected chi connectivity index (χ1v) is 8.14. The van der Waals surface area contributed by atoms with Crippen LogP contribution in [-0.4, -0.2) is 6.10 Å². The summed E-state index contributed by atoms with van der Waals surface area (Å²) in [4.78, 5) is 0. The summed E-state index contributed by atoms with van der Waals surface area (Å²) >= 11 is 3.52. The standard InChI is InChI=1S/C16H22BrNO/c1-10-3-2-4-11(7-10)15-9-14(18)13-6-5-12(17)8-16(13)19-15/h5-6,8,10-11,14-15H,2-4,7,9,18H2,1H3/t10?,11?,14-,15?/m1/s1. The summed E-state index contributed by atoms with van der Waals surface area (Å²) < 4.78 is 7.33. The summed E-state index contributed by atoms with van der Waals surface area (Å²) in [6, 6.07) is 6.32. The Bertz CT molecular complexity index is 462. The molecule has 3 rings (SSSR count). The first-order chi connectivity index (χ1) is 9.13. The van der Waals surface area contributed by atoms with Gasteiger partial charge in [-0.3, -0.25) is 0 Å².